The van der Waals surface area contributed by atoms with E-state index in [2.05, 4.69) is 5.16 Å². The molecule has 0 fully saturated rings. The van der Waals surface area contributed by atoms with E-state index in [1.807, 2.05) is 12.1 Å². The van der Waals surface area contributed by atoms with E-state index in [0.29, 0.717) is 11.1 Å². The molecular formula is C16H13N3O3. The van der Waals surface area contributed by atoms with E-state index < -0.39 is 0 Å². The van der Waals surface area contributed by atoms with Gasteiger partial charge in [0.05, 0.1) is 20.8 Å². The molecule has 6 heteroatoms. The van der Waals surface area contributed by atoms with Gasteiger partial charge in [0.2, 0.25) is 0 Å². The van der Waals surface area contributed by atoms with Gasteiger partial charge in [0.25, 0.3) is 5.71 Å². The summed E-state index contributed by atoms with van der Waals surface area (Å²) < 4.78 is 0. The second-order valence-electron chi connectivity index (χ2n) is 4.60. The number of benzene rings is 2. The van der Waals surface area contributed by atoms with Gasteiger partial charge in [-0.05, 0) is 24.3 Å². The first-order valence-electron chi connectivity index (χ1n) is 6.65. The van der Waals surface area contributed by atoms with Gasteiger partial charge >= 0.3 is 11.4 Å². The van der Waals surface area contributed by atoms with Crippen molar-refractivity contribution in [2.24, 2.45) is 5.16 Å². The maximum Gasteiger partial charge on any atom is 0.331 e. The Morgan fingerprint density at radius 2 is 1.18 bits per heavy atom. The molecule has 0 bridgehead atoms. The molecule has 1 aliphatic heterocycles. The van der Waals surface area contributed by atoms with Crippen molar-refractivity contribution < 1.29 is 14.5 Å². The Morgan fingerprint density at radius 1 is 0.773 bits per heavy atom. The monoisotopic (exact) mass is 295 g/mol. The number of hydrogen-bond acceptors (Lipinski definition) is 4. The Hall–Kier alpha value is -3.15. The van der Waals surface area contributed by atoms with Gasteiger partial charge in [0, 0.05) is 0 Å². The molecule has 0 saturated carbocycles. The summed E-state index contributed by atoms with van der Waals surface area (Å²) in [5, 5.41) is 28.5. The molecule has 6 nitrogen and oxygen atoms in total. The highest BCUT2D eigenvalue weighted by Crippen LogP contribution is 2.14. The minimum atomic E-state index is 0.163. The average molecular weight is 295 g/mol. The largest absolute Gasteiger partial charge is 0.561 e. The molecule has 110 valence electrons. The number of oxime groups is 1. The minimum Gasteiger partial charge on any atom is -0.561 e. The van der Waals surface area contributed by atoms with Crippen LogP contribution in [0.1, 0.15) is 11.1 Å². The molecule has 0 radical (unpaired) electrons. The van der Waals surface area contributed by atoms with Crippen LogP contribution in [0.4, 0.5) is 0 Å². The van der Waals surface area contributed by atoms with E-state index in [4.69, 9.17) is 4.84 Å². The van der Waals surface area contributed by atoms with Crippen LogP contribution in [0.3, 0.4) is 0 Å². The van der Waals surface area contributed by atoms with E-state index in [9.17, 15) is 10.4 Å². The van der Waals surface area contributed by atoms with Crippen molar-refractivity contribution in [3.05, 3.63) is 82.2 Å². The lowest BCUT2D eigenvalue weighted by Crippen LogP contribution is -2.24. The first kappa shape index (κ1) is 13.8. The second kappa shape index (κ2) is 5.69. The SMILES string of the molecule is CON=C1C(c2ccccc2)=[N+]([O-])[N+]([O-])=C1c1ccccc1. The lowest BCUT2D eigenvalue weighted by Gasteiger charge is -1.98. The van der Waals surface area contributed by atoms with Gasteiger partial charge in [-0.25, -0.2) is 0 Å². The predicted octanol–water partition coefficient (Wildman–Crippen LogP) is 1.92. The number of rotatable bonds is 3. The maximum absolute atomic E-state index is 12.3. The van der Waals surface area contributed by atoms with Gasteiger partial charge in [0.1, 0.15) is 7.11 Å². The highest BCUT2D eigenvalue weighted by Gasteiger charge is 2.44. The zero-order valence-electron chi connectivity index (χ0n) is 11.8. The summed E-state index contributed by atoms with van der Waals surface area (Å²) in [4.78, 5) is 5.42. The van der Waals surface area contributed by atoms with Gasteiger partial charge in [-0.15, -0.1) is 0 Å². The maximum atomic E-state index is 12.3. The lowest BCUT2D eigenvalue weighted by atomic mass is 9.99. The normalized spacial score (nSPS) is 14.5. The van der Waals surface area contributed by atoms with Crippen molar-refractivity contribution in [3.63, 3.8) is 0 Å². The van der Waals surface area contributed by atoms with Crippen LogP contribution < -0.4 is 0 Å². The number of hydrazone groups is 2. The lowest BCUT2D eigenvalue weighted by molar-refractivity contribution is -1.05. The molecule has 0 spiro atoms. The Labute approximate surface area is 127 Å². The molecule has 3 rings (SSSR count). The molecule has 2 aromatic rings. The van der Waals surface area contributed by atoms with Gasteiger partial charge in [-0.2, -0.15) is 0 Å². The fraction of sp³-hybridized carbons (Fsp3) is 0.0625. The van der Waals surface area contributed by atoms with Crippen molar-refractivity contribution in [2.75, 3.05) is 7.11 Å². The summed E-state index contributed by atoms with van der Waals surface area (Å²) >= 11 is 0. The predicted molar refractivity (Wildman–Crippen MR) is 82.8 cm³/mol. The van der Waals surface area contributed by atoms with Crippen LogP contribution in [-0.2, 0) is 4.84 Å². The molecule has 0 amide bonds. The first-order valence-corrected chi connectivity index (χ1v) is 6.65. The van der Waals surface area contributed by atoms with Gasteiger partial charge < -0.3 is 15.3 Å². The second-order valence-corrected chi connectivity index (χ2v) is 4.60. The summed E-state index contributed by atoms with van der Waals surface area (Å²) in [6, 6.07) is 17.8. The smallest absolute Gasteiger partial charge is 0.331 e. The van der Waals surface area contributed by atoms with Gasteiger partial charge in [-0.3, -0.25) is 0 Å². The highest BCUT2D eigenvalue weighted by molar-refractivity contribution is 6.72. The summed E-state index contributed by atoms with van der Waals surface area (Å²) in [7, 11) is 1.38. The van der Waals surface area contributed by atoms with Crippen molar-refractivity contribution >= 4 is 17.1 Å². The molecule has 22 heavy (non-hydrogen) atoms. The molecule has 1 heterocycles. The molecule has 1 aliphatic rings. The summed E-state index contributed by atoms with van der Waals surface area (Å²) in [6.45, 7) is 0. The molecule has 0 N–H and O–H groups in total. The number of hydrazine groups is 1. The molecule has 0 saturated heterocycles. The quantitative estimate of drug-likeness (QED) is 0.493. The van der Waals surface area contributed by atoms with Crippen molar-refractivity contribution in [1.29, 1.82) is 0 Å². The van der Waals surface area contributed by atoms with Crippen LogP contribution >= 0.6 is 0 Å². The first-order chi connectivity index (χ1) is 10.7. The molecule has 2 aromatic carbocycles. The van der Waals surface area contributed by atoms with Crippen molar-refractivity contribution in [1.82, 2.24) is 0 Å². The number of hydrogen-bond donors (Lipinski definition) is 0. The Kier molecular flexibility index (Phi) is 3.57. The standard InChI is InChI=1S/C16H13N3O3/c1-22-17-14-15(12-8-4-2-5-9-12)18(20)19(21)16(14)13-10-6-3-7-11-13/h2-11H,1H3. The van der Waals surface area contributed by atoms with Crippen LogP contribution in [0.15, 0.2) is 65.8 Å². The third-order valence-electron chi connectivity index (χ3n) is 3.27. The Morgan fingerprint density at radius 3 is 1.55 bits per heavy atom. The van der Waals surface area contributed by atoms with E-state index in [0.717, 1.165) is 0 Å². The molecule has 0 aliphatic carbocycles. The fourth-order valence-electron chi connectivity index (χ4n) is 2.34. The van der Waals surface area contributed by atoms with E-state index in [-0.39, 0.29) is 26.8 Å². The molecule has 0 aromatic heterocycles. The summed E-state index contributed by atoms with van der Waals surface area (Å²) in [5.41, 5.74) is 1.73. The topological polar surface area (TPSA) is 73.7 Å². The average Bonchev–Trinajstić information content (AvgIpc) is 2.81. The van der Waals surface area contributed by atoms with Crippen molar-refractivity contribution in [2.45, 2.75) is 0 Å². The van der Waals surface area contributed by atoms with E-state index in [1.54, 1.807) is 48.5 Å². The van der Waals surface area contributed by atoms with Crippen molar-refractivity contribution in [3.8, 4) is 0 Å². The third-order valence-corrected chi connectivity index (χ3v) is 3.27. The zero-order chi connectivity index (χ0) is 15.5. The summed E-state index contributed by atoms with van der Waals surface area (Å²) in [5.74, 6) is 0. The molecule has 0 atom stereocenters. The van der Waals surface area contributed by atoms with Crippen LogP contribution in [0.5, 0.6) is 0 Å². The van der Waals surface area contributed by atoms with Crippen LogP contribution in [-0.4, -0.2) is 33.9 Å². The number of nitrogens with zero attached hydrogens (tertiary/aromatic N) is 3. The fourth-order valence-corrected chi connectivity index (χ4v) is 2.34. The Balaban J connectivity index is 2.18. The summed E-state index contributed by atoms with van der Waals surface area (Å²) in [6.07, 6.45) is 0. The minimum absolute atomic E-state index is 0.163. The van der Waals surface area contributed by atoms with Crippen LogP contribution in [0.25, 0.3) is 0 Å². The third kappa shape index (κ3) is 2.20. The van der Waals surface area contributed by atoms with Gasteiger partial charge in [0.15, 0.2) is 0 Å². The van der Waals surface area contributed by atoms with E-state index >= 15 is 0 Å². The Bertz CT molecular complexity index is 717. The van der Waals surface area contributed by atoms with E-state index in [1.165, 1.54) is 7.11 Å². The van der Waals surface area contributed by atoms with Crippen LogP contribution in [0.2, 0.25) is 0 Å². The molecule has 0 unspecified atom stereocenters. The van der Waals surface area contributed by atoms with Crippen LogP contribution in [0, 0.1) is 10.4 Å². The van der Waals surface area contributed by atoms with Gasteiger partial charge in [-0.1, -0.05) is 41.6 Å². The molecular weight excluding hydrogens is 282 g/mol. The highest BCUT2D eigenvalue weighted by atomic mass is 16.7. The zero-order valence-corrected chi connectivity index (χ0v) is 11.8.